The summed E-state index contributed by atoms with van der Waals surface area (Å²) in [6.07, 6.45) is 0.337. The van der Waals surface area contributed by atoms with Crippen molar-refractivity contribution in [1.82, 2.24) is 8.61 Å². The third-order valence-corrected chi connectivity index (χ3v) is 12.7. The van der Waals surface area contributed by atoms with Crippen molar-refractivity contribution in [3.05, 3.63) is 72.8 Å². The minimum Gasteiger partial charge on any atom is -0.370 e. The summed E-state index contributed by atoms with van der Waals surface area (Å²) in [6.45, 7) is 8.12. The Morgan fingerprint density at radius 2 is 1.26 bits per heavy atom. The highest BCUT2D eigenvalue weighted by Crippen LogP contribution is 2.36. The summed E-state index contributed by atoms with van der Waals surface area (Å²) in [5.41, 5.74) is 15.1. The molecule has 16 heteroatoms. The molecular weight excluding hydrogens is 746 g/mol. The lowest BCUT2D eigenvalue weighted by Gasteiger charge is -2.28. The molecule has 0 aliphatic carbocycles. The van der Waals surface area contributed by atoms with Gasteiger partial charge in [-0.3, -0.25) is 5.41 Å². The summed E-state index contributed by atoms with van der Waals surface area (Å²) in [6, 6.07) is 19.7. The number of carbonyl (C=O) groups is 1. The molecule has 272 valence electrons. The van der Waals surface area contributed by atoms with Gasteiger partial charge in [0, 0.05) is 43.5 Å². The van der Waals surface area contributed by atoms with Gasteiger partial charge < -0.3 is 21.2 Å². The van der Waals surface area contributed by atoms with Crippen LogP contribution in [0.2, 0.25) is 0 Å². The number of nitrogens with zero attached hydrogens (tertiary/aromatic N) is 3. The number of hydrogen-bond acceptors (Lipinski definition) is 9. The maximum absolute atomic E-state index is 13.9. The maximum atomic E-state index is 13.9. The summed E-state index contributed by atoms with van der Waals surface area (Å²) in [5, 5.41) is 10.7. The van der Waals surface area contributed by atoms with E-state index in [0.29, 0.717) is 16.2 Å². The second-order valence-electron chi connectivity index (χ2n) is 11.3. The van der Waals surface area contributed by atoms with Crippen LogP contribution in [0.3, 0.4) is 0 Å². The fourth-order valence-electron chi connectivity index (χ4n) is 5.84. The van der Waals surface area contributed by atoms with Gasteiger partial charge in [0.2, 0.25) is 20.0 Å². The second-order valence-corrected chi connectivity index (χ2v) is 15.0. The molecule has 0 saturated heterocycles. The van der Waals surface area contributed by atoms with Gasteiger partial charge in [-0.15, -0.1) is 17.0 Å². The number of hydrogen-bond donors (Lipinski definition) is 4. The molecule has 0 radical (unpaired) electrons. The standard InChI is InChI=1S/C34H45N7O6S2.BrH/c1-5-39(6-2)48(43,44)31-26-16-11-9-14-24(26)19-21-29(31)38-47-33(42)28(35)18-13-23-41(34(36)37)30-22-20-25-15-10-12-17-27(25)32(30)49(45,46)40(7-3)8-4;/h9-12,14-17,19-22,28,38H,5-8,13,18,23,35H2,1-4H3,(H3,36,37);1H/t28-;/m0./s1. The van der Waals surface area contributed by atoms with Crippen molar-refractivity contribution in [2.24, 2.45) is 11.5 Å². The van der Waals surface area contributed by atoms with Gasteiger partial charge in [-0.05, 0) is 35.7 Å². The maximum Gasteiger partial charge on any atom is 0.348 e. The zero-order chi connectivity index (χ0) is 35.9. The average Bonchev–Trinajstić information content (AvgIpc) is 3.08. The monoisotopic (exact) mass is 791 g/mol. The lowest BCUT2D eigenvalue weighted by molar-refractivity contribution is -0.142. The molecule has 0 amide bonds. The van der Waals surface area contributed by atoms with Crippen molar-refractivity contribution in [3.63, 3.8) is 0 Å². The Morgan fingerprint density at radius 3 is 1.78 bits per heavy atom. The van der Waals surface area contributed by atoms with Gasteiger partial charge in [0.05, 0.1) is 11.4 Å². The van der Waals surface area contributed by atoms with E-state index in [1.807, 2.05) is 12.1 Å². The van der Waals surface area contributed by atoms with Gasteiger partial charge >= 0.3 is 5.97 Å². The molecule has 0 fully saturated rings. The van der Waals surface area contributed by atoms with Gasteiger partial charge in [-0.2, -0.15) is 8.61 Å². The molecular formula is C34H46BrN7O6S2. The average molecular weight is 793 g/mol. The first-order valence-corrected chi connectivity index (χ1v) is 19.1. The molecule has 1 atom stereocenters. The number of nitrogens with two attached hydrogens (primary N) is 2. The van der Waals surface area contributed by atoms with Crippen molar-refractivity contribution in [1.29, 1.82) is 5.41 Å². The Morgan fingerprint density at radius 1 is 0.780 bits per heavy atom. The lowest BCUT2D eigenvalue weighted by Crippen LogP contribution is -2.40. The highest BCUT2D eigenvalue weighted by molar-refractivity contribution is 8.93. The van der Waals surface area contributed by atoms with E-state index in [2.05, 4.69) is 5.48 Å². The molecule has 0 unspecified atom stereocenters. The Balaban J connectivity index is 0.00000676. The predicted molar refractivity (Wildman–Crippen MR) is 205 cm³/mol. The first kappa shape index (κ1) is 40.6. The molecule has 4 aromatic rings. The summed E-state index contributed by atoms with van der Waals surface area (Å²) in [5.74, 6) is -1.20. The quantitative estimate of drug-likeness (QED) is 0.0682. The molecule has 6 N–H and O–H groups in total. The Kier molecular flexibility index (Phi) is 14.2. The number of rotatable bonds is 16. The first-order chi connectivity index (χ1) is 23.3. The van der Waals surface area contributed by atoms with Gasteiger partial charge in [0.25, 0.3) is 0 Å². The number of benzene rings is 4. The highest BCUT2D eigenvalue weighted by atomic mass is 79.9. The largest absolute Gasteiger partial charge is 0.370 e. The second kappa shape index (κ2) is 17.4. The summed E-state index contributed by atoms with van der Waals surface area (Å²) < 4.78 is 57.8. The predicted octanol–water partition coefficient (Wildman–Crippen LogP) is 5.01. The number of guanidine groups is 1. The summed E-state index contributed by atoms with van der Waals surface area (Å²) >= 11 is 0. The van der Waals surface area contributed by atoms with Crippen LogP contribution in [0.1, 0.15) is 40.5 Å². The smallest absolute Gasteiger partial charge is 0.348 e. The Bertz CT molecular complexity index is 2040. The normalized spacial score (nSPS) is 12.5. The minimum atomic E-state index is -3.98. The molecule has 4 aromatic carbocycles. The molecule has 4 rings (SSSR count). The number of halogens is 1. The van der Waals surface area contributed by atoms with Crippen LogP contribution in [0.25, 0.3) is 21.5 Å². The first-order valence-electron chi connectivity index (χ1n) is 16.2. The van der Waals surface area contributed by atoms with E-state index in [4.69, 9.17) is 21.7 Å². The van der Waals surface area contributed by atoms with E-state index < -0.39 is 32.1 Å². The fraction of sp³-hybridized carbons (Fsp3) is 0.353. The van der Waals surface area contributed by atoms with E-state index in [-0.39, 0.29) is 89.7 Å². The molecule has 13 nitrogen and oxygen atoms in total. The zero-order valence-electron chi connectivity index (χ0n) is 28.6. The van der Waals surface area contributed by atoms with Crippen molar-refractivity contribution in [2.75, 3.05) is 43.1 Å². The molecule has 0 saturated carbocycles. The van der Waals surface area contributed by atoms with Crippen LogP contribution < -0.4 is 21.8 Å². The zero-order valence-corrected chi connectivity index (χ0v) is 32.0. The number of sulfonamides is 2. The summed E-state index contributed by atoms with van der Waals surface area (Å²) in [4.78, 5) is 19.7. The topological polar surface area (TPSA) is 192 Å². The lowest BCUT2D eigenvalue weighted by atomic mass is 10.1. The SMILES string of the molecule is Br.CCN(CC)S(=O)(=O)c1c(NOC(=O)[C@@H](N)CCCN(C(=N)N)c2ccc3ccccc3c2S(=O)(=O)N(CC)CC)ccc2ccccc12. The van der Waals surface area contributed by atoms with Crippen molar-refractivity contribution >= 4 is 81.9 Å². The molecule has 0 heterocycles. The van der Waals surface area contributed by atoms with E-state index >= 15 is 0 Å². The van der Waals surface area contributed by atoms with Crippen LogP contribution in [-0.4, -0.2) is 76.1 Å². The van der Waals surface area contributed by atoms with Crippen LogP contribution >= 0.6 is 17.0 Å². The summed E-state index contributed by atoms with van der Waals surface area (Å²) in [7, 11) is -7.93. The molecule has 0 aliphatic heterocycles. The molecule has 0 aromatic heterocycles. The highest BCUT2D eigenvalue weighted by Gasteiger charge is 2.31. The van der Waals surface area contributed by atoms with Gasteiger partial charge in [0.15, 0.2) is 5.96 Å². The van der Waals surface area contributed by atoms with Gasteiger partial charge in [-0.1, -0.05) is 88.4 Å². The van der Waals surface area contributed by atoms with Crippen molar-refractivity contribution in [3.8, 4) is 0 Å². The van der Waals surface area contributed by atoms with Crippen LogP contribution in [0.4, 0.5) is 11.4 Å². The van der Waals surface area contributed by atoms with Crippen LogP contribution in [-0.2, 0) is 29.7 Å². The van der Waals surface area contributed by atoms with E-state index in [1.165, 1.54) is 19.6 Å². The number of carbonyl (C=O) groups excluding carboxylic acids is 1. The van der Waals surface area contributed by atoms with E-state index in [0.717, 1.165) is 5.39 Å². The third-order valence-electron chi connectivity index (χ3n) is 8.39. The molecule has 50 heavy (non-hydrogen) atoms. The number of fused-ring (bicyclic) bond motifs is 2. The molecule has 0 aliphatic rings. The number of anilines is 2. The third kappa shape index (κ3) is 8.38. The van der Waals surface area contributed by atoms with Crippen LogP contribution in [0, 0.1) is 5.41 Å². The van der Waals surface area contributed by atoms with E-state index in [9.17, 15) is 21.6 Å². The number of nitrogens with one attached hydrogen (secondary N) is 2. The Hall–Kier alpha value is -3.80. The molecule has 0 spiro atoms. The van der Waals surface area contributed by atoms with E-state index in [1.54, 1.807) is 82.3 Å². The van der Waals surface area contributed by atoms with Crippen LogP contribution in [0.15, 0.2) is 82.6 Å². The fourth-order valence-corrected chi connectivity index (χ4v) is 9.47. The van der Waals surface area contributed by atoms with Gasteiger partial charge in [-0.25, -0.2) is 27.1 Å². The van der Waals surface area contributed by atoms with Gasteiger partial charge in [0.1, 0.15) is 15.8 Å². The van der Waals surface area contributed by atoms with Crippen molar-refractivity contribution in [2.45, 2.75) is 56.4 Å². The van der Waals surface area contributed by atoms with Crippen LogP contribution in [0.5, 0.6) is 0 Å². The Labute approximate surface area is 304 Å². The van der Waals surface area contributed by atoms with Crippen molar-refractivity contribution < 1.29 is 26.5 Å². The molecule has 0 bridgehead atoms. The minimum absolute atomic E-state index is 0.